The predicted octanol–water partition coefficient (Wildman–Crippen LogP) is -0.511. The number of carbonyl (C=O) groups is 1. The number of hydrogen-bond donors (Lipinski definition) is 6. The number of aromatic nitrogens is 4. The Morgan fingerprint density at radius 2 is 2.23 bits per heavy atom. The predicted molar refractivity (Wildman–Crippen MR) is 109 cm³/mol. The summed E-state index contributed by atoms with van der Waals surface area (Å²) in [6.07, 6.45) is 0.766. The molecule has 0 spiro atoms. The van der Waals surface area contributed by atoms with Crippen LogP contribution in [0.5, 0.6) is 0 Å². The van der Waals surface area contributed by atoms with Crippen molar-refractivity contribution in [3.8, 4) is 0 Å². The molecule has 0 aliphatic carbocycles. The minimum Gasteiger partial charge on any atom is -0.480 e. The van der Waals surface area contributed by atoms with Crippen molar-refractivity contribution in [1.29, 1.82) is 0 Å². The topological polar surface area (TPSA) is 215 Å². The summed E-state index contributed by atoms with van der Waals surface area (Å²) < 4.78 is 22.6. The third-order valence-electron chi connectivity index (χ3n) is 4.51. The van der Waals surface area contributed by atoms with E-state index in [0.29, 0.717) is 35.0 Å². The second kappa shape index (κ2) is 10.2. The molecule has 0 bridgehead atoms. The Hall–Kier alpha value is -1.84. The number of phosphoric ester groups is 1. The van der Waals surface area contributed by atoms with Crippen molar-refractivity contribution >= 4 is 42.5 Å². The van der Waals surface area contributed by atoms with Gasteiger partial charge in [-0.3, -0.25) is 13.9 Å². The van der Waals surface area contributed by atoms with Gasteiger partial charge in [0.25, 0.3) is 0 Å². The van der Waals surface area contributed by atoms with Gasteiger partial charge < -0.3 is 35.8 Å². The fourth-order valence-corrected chi connectivity index (χ4v) is 4.07. The van der Waals surface area contributed by atoms with Crippen LogP contribution in [-0.4, -0.2) is 82.0 Å². The van der Waals surface area contributed by atoms with Gasteiger partial charge in [0.05, 0.1) is 24.9 Å². The van der Waals surface area contributed by atoms with E-state index in [1.807, 2.05) is 0 Å². The van der Waals surface area contributed by atoms with Gasteiger partial charge in [0.1, 0.15) is 24.7 Å². The number of aliphatic hydroxyl groups is 1. The Morgan fingerprint density at radius 1 is 1.45 bits per heavy atom. The summed E-state index contributed by atoms with van der Waals surface area (Å²) >= 11 is 1.46. The minimum absolute atomic E-state index is 0.160. The molecule has 1 aliphatic heterocycles. The van der Waals surface area contributed by atoms with Gasteiger partial charge in [-0.25, -0.2) is 19.5 Å². The van der Waals surface area contributed by atoms with Crippen molar-refractivity contribution in [2.24, 2.45) is 5.73 Å². The third kappa shape index (κ3) is 6.33. The lowest BCUT2D eigenvalue weighted by Gasteiger charge is -2.16. The zero-order valence-electron chi connectivity index (χ0n) is 16.1. The lowest BCUT2D eigenvalue weighted by atomic mass is 10.2. The van der Waals surface area contributed by atoms with Crippen molar-refractivity contribution < 1.29 is 38.6 Å². The van der Waals surface area contributed by atoms with Crippen LogP contribution in [0, 0.1) is 0 Å². The van der Waals surface area contributed by atoms with Crippen LogP contribution in [0.25, 0.3) is 11.2 Å². The number of carboxylic acid groups (broad SMARTS) is 1. The lowest BCUT2D eigenvalue weighted by molar-refractivity contribution is -0.138. The molecule has 2 aromatic heterocycles. The van der Waals surface area contributed by atoms with Gasteiger partial charge in [-0.2, -0.15) is 0 Å². The number of anilines is 1. The summed E-state index contributed by atoms with van der Waals surface area (Å²) in [5.41, 5.74) is 6.38. The minimum atomic E-state index is -4.67. The molecule has 1 aliphatic rings. The molecule has 0 amide bonds. The van der Waals surface area contributed by atoms with E-state index < -0.39 is 44.9 Å². The zero-order valence-corrected chi connectivity index (χ0v) is 17.9. The first-order valence-electron chi connectivity index (χ1n) is 9.17. The average molecular weight is 478 g/mol. The van der Waals surface area contributed by atoms with Gasteiger partial charge in [0, 0.05) is 6.42 Å². The molecule has 31 heavy (non-hydrogen) atoms. The Balaban J connectivity index is 1.60. The maximum Gasteiger partial charge on any atom is 0.469 e. The van der Waals surface area contributed by atoms with E-state index in [9.17, 15) is 14.5 Å². The number of fused-ring (bicyclic) bond motifs is 1. The van der Waals surface area contributed by atoms with E-state index in [4.69, 9.17) is 25.4 Å². The van der Waals surface area contributed by atoms with E-state index in [0.717, 1.165) is 0 Å². The van der Waals surface area contributed by atoms with Gasteiger partial charge >= 0.3 is 13.8 Å². The largest absolute Gasteiger partial charge is 0.480 e. The molecule has 4 atom stereocenters. The smallest absolute Gasteiger partial charge is 0.469 e. The number of hydrogen-bond acceptors (Lipinski definition) is 11. The highest BCUT2D eigenvalue weighted by molar-refractivity contribution is 7.99. The van der Waals surface area contributed by atoms with Gasteiger partial charge in [-0.1, -0.05) is 0 Å². The molecule has 172 valence electrons. The quantitative estimate of drug-likeness (QED) is 0.136. The first-order chi connectivity index (χ1) is 14.7. The standard InChI is InChI=1S/C15H23N6O8PS/c16-8(15(23)24)1-2-31-7-20-13-12-14(18-5-17-13)21(6-19-12)11-3-9(22)10(29-11)4-28-30(25,26)27/h5-6,8-11,22H,1-4,7,16H2,(H,23,24)(H,17,18,20)(H2,25,26,27). The monoisotopic (exact) mass is 478 g/mol. The number of aliphatic hydroxyl groups excluding tert-OH is 1. The summed E-state index contributed by atoms with van der Waals surface area (Å²) in [4.78, 5) is 41.0. The molecule has 0 aromatic carbocycles. The number of thioether (sulfide) groups is 1. The van der Waals surface area contributed by atoms with Crippen LogP contribution >= 0.6 is 19.6 Å². The van der Waals surface area contributed by atoms with E-state index in [-0.39, 0.29) is 6.42 Å². The highest BCUT2D eigenvalue weighted by Crippen LogP contribution is 2.38. The maximum absolute atomic E-state index is 10.9. The molecule has 4 unspecified atom stereocenters. The second-order valence-corrected chi connectivity index (χ2v) is 9.07. The van der Waals surface area contributed by atoms with Gasteiger partial charge in [0.15, 0.2) is 17.0 Å². The maximum atomic E-state index is 10.9. The molecule has 1 saturated heterocycles. The third-order valence-corrected chi connectivity index (χ3v) is 5.87. The molecule has 2 aromatic rings. The Bertz CT molecular complexity index is 957. The highest BCUT2D eigenvalue weighted by atomic mass is 32.2. The van der Waals surface area contributed by atoms with Crippen LogP contribution in [0.1, 0.15) is 19.1 Å². The average Bonchev–Trinajstić information content (AvgIpc) is 3.29. The van der Waals surface area contributed by atoms with E-state index in [1.54, 1.807) is 4.57 Å². The summed E-state index contributed by atoms with van der Waals surface area (Å²) in [5.74, 6) is 0.436. The number of imidazole rings is 1. The molecule has 0 radical (unpaired) electrons. The molecular weight excluding hydrogens is 455 g/mol. The number of nitrogens with one attached hydrogen (secondary N) is 1. The highest BCUT2D eigenvalue weighted by Gasteiger charge is 2.37. The number of phosphoric acid groups is 1. The summed E-state index contributed by atoms with van der Waals surface area (Å²) in [6.45, 7) is -0.459. The number of rotatable bonds is 11. The summed E-state index contributed by atoms with van der Waals surface area (Å²) in [5, 5.41) is 22.0. The normalized spacial score (nSPS) is 22.6. The van der Waals surface area contributed by atoms with E-state index in [2.05, 4.69) is 24.8 Å². The van der Waals surface area contributed by atoms with Crippen molar-refractivity contribution in [1.82, 2.24) is 19.5 Å². The molecule has 7 N–H and O–H groups in total. The number of aliphatic carboxylic acids is 1. The molecule has 3 rings (SSSR count). The molecule has 16 heteroatoms. The number of nitrogens with zero attached hydrogens (tertiary/aromatic N) is 4. The molecule has 3 heterocycles. The lowest BCUT2D eigenvalue weighted by Crippen LogP contribution is -2.30. The first-order valence-corrected chi connectivity index (χ1v) is 11.9. The number of nitrogens with two attached hydrogens (primary N) is 1. The van der Waals surface area contributed by atoms with Crippen LogP contribution in [0.15, 0.2) is 12.7 Å². The summed E-state index contributed by atoms with van der Waals surface area (Å²) in [7, 11) is -4.67. The van der Waals surface area contributed by atoms with Gasteiger partial charge in [0.2, 0.25) is 0 Å². The summed E-state index contributed by atoms with van der Waals surface area (Å²) in [6, 6.07) is -0.897. The molecule has 1 fully saturated rings. The van der Waals surface area contributed by atoms with Crippen LogP contribution in [-0.2, 0) is 18.6 Å². The van der Waals surface area contributed by atoms with Gasteiger partial charge in [-0.05, 0) is 12.2 Å². The Kier molecular flexibility index (Phi) is 7.82. The van der Waals surface area contributed by atoms with Crippen molar-refractivity contribution in [3.05, 3.63) is 12.7 Å². The fourth-order valence-electron chi connectivity index (χ4n) is 2.92. The van der Waals surface area contributed by atoms with Crippen LogP contribution in [0.2, 0.25) is 0 Å². The van der Waals surface area contributed by atoms with Crippen LogP contribution in [0.4, 0.5) is 5.82 Å². The van der Waals surface area contributed by atoms with E-state index >= 15 is 0 Å². The van der Waals surface area contributed by atoms with Crippen LogP contribution < -0.4 is 11.1 Å². The van der Waals surface area contributed by atoms with E-state index in [1.165, 1.54) is 24.4 Å². The molecular formula is C15H23N6O8PS. The SMILES string of the molecule is NC(CCSCNc1ncnc2c1ncn2C1CC(O)C(COP(=O)(O)O)O1)C(=O)O. The Morgan fingerprint density at radius 3 is 2.94 bits per heavy atom. The van der Waals surface area contributed by atoms with Crippen LogP contribution in [0.3, 0.4) is 0 Å². The van der Waals surface area contributed by atoms with Crippen molar-refractivity contribution in [3.63, 3.8) is 0 Å². The first kappa shape index (κ1) is 23.8. The number of ether oxygens (including phenoxy) is 1. The van der Waals surface area contributed by atoms with Crippen molar-refractivity contribution in [2.45, 2.75) is 37.3 Å². The molecule has 0 saturated carbocycles. The zero-order chi connectivity index (χ0) is 22.6. The fraction of sp³-hybridized carbons (Fsp3) is 0.600. The Labute approximate surface area is 180 Å². The van der Waals surface area contributed by atoms with Gasteiger partial charge in [-0.15, -0.1) is 11.8 Å². The van der Waals surface area contributed by atoms with Crippen molar-refractivity contribution in [2.75, 3.05) is 23.6 Å². The number of carboxylic acids is 1. The second-order valence-electron chi connectivity index (χ2n) is 6.73. The molecule has 14 nitrogen and oxygen atoms in total.